The molecule has 5 rings (SSSR count). The number of amides is 2. The molecule has 0 aliphatic heterocycles. The van der Waals surface area contributed by atoms with Gasteiger partial charge in [0.1, 0.15) is 0 Å². The molecule has 4 aromatic rings. The summed E-state index contributed by atoms with van der Waals surface area (Å²) in [5.41, 5.74) is 11.4. The topological polar surface area (TPSA) is 97.9 Å². The van der Waals surface area contributed by atoms with Crippen molar-refractivity contribution in [3.8, 4) is 27.5 Å². The number of benzene rings is 2. The summed E-state index contributed by atoms with van der Waals surface area (Å²) in [6.45, 7) is 0.783. The van der Waals surface area contributed by atoms with Gasteiger partial charge in [-0.3, -0.25) is 5.32 Å². The Hall–Kier alpha value is -3.20. The van der Waals surface area contributed by atoms with Crippen LogP contribution in [0, 0.1) is 0 Å². The van der Waals surface area contributed by atoms with Gasteiger partial charge in [-0.15, -0.1) is 0 Å². The van der Waals surface area contributed by atoms with Crippen molar-refractivity contribution in [2.45, 2.75) is 12.8 Å². The molecule has 1 aliphatic carbocycles. The van der Waals surface area contributed by atoms with Crippen LogP contribution in [0.5, 0.6) is 0 Å². The van der Waals surface area contributed by atoms with E-state index in [1.165, 1.54) is 11.3 Å². The quantitative estimate of drug-likeness (QED) is 0.405. The van der Waals surface area contributed by atoms with Gasteiger partial charge in [0.15, 0.2) is 5.13 Å². The highest BCUT2D eigenvalue weighted by atomic mass is 35.5. The minimum absolute atomic E-state index is 0.314. The van der Waals surface area contributed by atoms with Crippen LogP contribution in [0.25, 0.3) is 27.5 Å². The van der Waals surface area contributed by atoms with Gasteiger partial charge in [0.25, 0.3) is 0 Å². The molecule has 2 amide bonds. The standard InChI is InChI=1S/C23H21ClN6OS/c24-16-8-4-5-9-18(16)30-20-15(19(29-30)14-6-2-1-3-7-14)10-11-17-21(20)32-23(27-17)28-22(31)26-13-12-25/h1-9H,10-13,25H2,(H2,26,27,28,31). The maximum absolute atomic E-state index is 12.1. The molecule has 162 valence electrons. The van der Waals surface area contributed by atoms with E-state index in [1.807, 2.05) is 47.1 Å². The van der Waals surface area contributed by atoms with Gasteiger partial charge in [-0.25, -0.2) is 14.5 Å². The molecule has 7 nitrogen and oxygen atoms in total. The van der Waals surface area contributed by atoms with Crippen LogP contribution in [0.15, 0.2) is 54.6 Å². The molecular formula is C23H21ClN6OS. The number of halogens is 1. The lowest BCUT2D eigenvalue weighted by molar-refractivity contribution is 0.252. The smallest absolute Gasteiger partial charge is 0.321 e. The van der Waals surface area contributed by atoms with Crippen LogP contribution in [-0.2, 0) is 12.8 Å². The molecular weight excluding hydrogens is 444 g/mol. The number of rotatable bonds is 5. The number of carbonyl (C=O) groups is 1. The van der Waals surface area contributed by atoms with Crippen molar-refractivity contribution in [2.75, 3.05) is 18.4 Å². The first-order valence-electron chi connectivity index (χ1n) is 10.3. The summed E-state index contributed by atoms with van der Waals surface area (Å²) in [6.07, 6.45) is 1.58. The van der Waals surface area contributed by atoms with E-state index in [2.05, 4.69) is 27.8 Å². The maximum atomic E-state index is 12.1. The molecule has 1 aliphatic rings. The van der Waals surface area contributed by atoms with Gasteiger partial charge < -0.3 is 11.1 Å². The second-order valence-electron chi connectivity index (χ2n) is 7.37. The molecule has 9 heteroatoms. The highest BCUT2D eigenvalue weighted by Crippen LogP contribution is 2.44. The molecule has 0 unspecified atom stereocenters. The normalized spacial score (nSPS) is 12.2. The summed E-state index contributed by atoms with van der Waals surface area (Å²) in [6, 6.07) is 17.5. The average Bonchev–Trinajstić information content (AvgIpc) is 3.39. The minimum Gasteiger partial charge on any atom is -0.337 e. The van der Waals surface area contributed by atoms with Crippen LogP contribution in [0.4, 0.5) is 9.93 Å². The number of carbonyl (C=O) groups excluding carboxylic acids is 1. The molecule has 0 spiro atoms. The maximum Gasteiger partial charge on any atom is 0.321 e. The Morgan fingerprint density at radius 2 is 1.91 bits per heavy atom. The monoisotopic (exact) mass is 464 g/mol. The number of fused-ring (bicyclic) bond motifs is 3. The van der Waals surface area contributed by atoms with Crippen molar-refractivity contribution < 1.29 is 4.79 Å². The predicted molar refractivity (Wildman–Crippen MR) is 129 cm³/mol. The number of nitrogens with two attached hydrogens (primary N) is 1. The van der Waals surface area contributed by atoms with Crippen LogP contribution < -0.4 is 16.4 Å². The van der Waals surface area contributed by atoms with Crippen molar-refractivity contribution >= 4 is 34.1 Å². The van der Waals surface area contributed by atoms with Gasteiger partial charge in [-0.2, -0.15) is 5.10 Å². The van der Waals surface area contributed by atoms with Crippen LogP contribution >= 0.6 is 22.9 Å². The second-order valence-corrected chi connectivity index (χ2v) is 8.78. The molecule has 0 saturated carbocycles. The van der Waals surface area contributed by atoms with E-state index in [0.717, 1.165) is 51.6 Å². The number of aromatic nitrogens is 3. The summed E-state index contributed by atoms with van der Waals surface area (Å²) in [5.74, 6) is 0. The van der Waals surface area contributed by atoms with Crippen molar-refractivity contribution in [2.24, 2.45) is 5.73 Å². The van der Waals surface area contributed by atoms with Gasteiger partial charge in [-0.1, -0.05) is 65.4 Å². The van der Waals surface area contributed by atoms with Gasteiger partial charge in [0, 0.05) is 24.2 Å². The average molecular weight is 465 g/mol. The third-order valence-electron chi connectivity index (χ3n) is 5.29. The molecule has 0 radical (unpaired) electrons. The fraction of sp³-hybridized carbons (Fsp3) is 0.174. The third-order valence-corrected chi connectivity index (χ3v) is 6.63. The number of hydrogen-bond acceptors (Lipinski definition) is 5. The minimum atomic E-state index is -0.314. The Labute approximate surface area is 194 Å². The molecule has 0 fully saturated rings. The van der Waals surface area contributed by atoms with Crippen LogP contribution in [0.3, 0.4) is 0 Å². The molecule has 2 aromatic heterocycles. The molecule has 2 heterocycles. The number of urea groups is 1. The highest BCUT2D eigenvalue weighted by Gasteiger charge is 2.30. The predicted octanol–water partition coefficient (Wildman–Crippen LogP) is 4.50. The zero-order chi connectivity index (χ0) is 22.1. The van der Waals surface area contributed by atoms with E-state index in [0.29, 0.717) is 23.2 Å². The molecule has 2 aromatic carbocycles. The Morgan fingerprint density at radius 3 is 2.69 bits per heavy atom. The Morgan fingerprint density at radius 1 is 1.12 bits per heavy atom. The number of hydrogen-bond donors (Lipinski definition) is 3. The Bertz CT molecular complexity index is 1280. The van der Waals surface area contributed by atoms with E-state index < -0.39 is 0 Å². The lowest BCUT2D eigenvalue weighted by Gasteiger charge is -2.14. The number of nitrogens with one attached hydrogen (secondary N) is 2. The van der Waals surface area contributed by atoms with E-state index in [-0.39, 0.29) is 6.03 Å². The fourth-order valence-corrected chi connectivity index (χ4v) is 5.16. The third kappa shape index (κ3) is 3.77. The zero-order valence-corrected chi connectivity index (χ0v) is 18.7. The summed E-state index contributed by atoms with van der Waals surface area (Å²) in [5, 5.41) is 11.7. The van der Waals surface area contributed by atoms with Crippen molar-refractivity contribution in [3.05, 3.63) is 70.9 Å². The summed E-state index contributed by atoms with van der Waals surface area (Å²) >= 11 is 8.00. The summed E-state index contributed by atoms with van der Waals surface area (Å²) in [7, 11) is 0. The highest BCUT2D eigenvalue weighted by molar-refractivity contribution is 7.19. The van der Waals surface area contributed by atoms with Gasteiger partial charge in [0.05, 0.1) is 32.7 Å². The summed E-state index contributed by atoms with van der Waals surface area (Å²) in [4.78, 5) is 17.8. The van der Waals surface area contributed by atoms with Crippen LogP contribution in [0.2, 0.25) is 5.02 Å². The molecule has 0 bridgehead atoms. The fourth-order valence-electron chi connectivity index (χ4n) is 3.88. The number of para-hydroxylation sites is 1. The molecule has 0 saturated heterocycles. The first-order chi connectivity index (χ1) is 15.7. The number of aryl methyl sites for hydroxylation is 1. The SMILES string of the molecule is NCCNC(=O)Nc1nc2c(s1)-c1c(c(-c3ccccc3)nn1-c1ccccc1Cl)CC2. The van der Waals surface area contributed by atoms with Gasteiger partial charge >= 0.3 is 6.03 Å². The molecule has 32 heavy (non-hydrogen) atoms. The Kier molecular flexibility index (Phi) is 5.65. The number of thiazole rings is 1. The van der Waals surface area contributed by atoms with Crippen LogP contribution in [0.1, 0.15) is 11.3 Å². The lowest BCUT2D eigenvalue weighted by Crippen LogP contribution is -2.32. The van der Waals surface area contributed by atoms with E-state index >= 15 is 0 Å². The molecule has 4 N–H and O–H groups in total. The van der Waals surface area contributed by atoms with E-state index in [4.69, 9.17) is 22.4 Å². The van der Waals surface area contributed by atoms with E-state index in [1.54, 1.807) is 0 Å². The van der Waals surface area contributed by atoms with Crippen molar-refractivity contribution in [3.63, 3.8) is 0 Å². The zero-order valence-electron chi connectivity index (χ0n) is 17.1. The van der Waals surface area contributed by atoms with Crippen molar-refractivity contribution in [1.29, 1.82) is 0 Å². The molecule has 0 atom stereocenters. The second kappa shape index (κ2) is 8.74. The first kappa shape index (κ1) is 20.7. The number of anilines is 1. The van der Waals surface area contributed by atoms with Gasteiger partial charge in [0.2, 0.25) is 0 Å². The Balaban J connectivity index is 1.64. The largest absolute Gasteiger partial charge is 0.337 e. The van der Waals surface area contributed by atoms with Gasteiger partial charge in [-0.05, 0) is 25.0 Å². The van der Waals surface area contributed by atoms with E-state index in [9.17, 15) is 4.79 Å². The first-order valence-corrected chi connectivity index (χ1v) is 11.5. The lowest BCUT2D eigenvalue weighted by atomic mass is 9.95. The summed E-state index contributed by atoms with van der Waals surface area (Å²) < 4.78 is 1.91. The van der Waals surface area contributed by atoms with Crippen LogP contribution in [-0.4, -0.2) is 33.9 Å². The number of nitrogens with zero attached hydrogens (tertiary/aromatic N) is 3. The van der Waals surface area contributed by atoms with Crippen molar-refractivity contribution in [1.82, 2.24) is 20.1 Å².